The third-order valence-electron chi connectivity index (χ3n) is 15.8. The van der Waals surface area contributed by atoms with Gasteiger partial charge in [-0.15, -0.1) is 0 Å². The molecule has 0 radical (unpaired) electrons. The molecule has 22 N–H and O–H groups in total. The number of aliphatic imine (C=N–C) groups is 1. The number of likely N-dealkylation sites (tertiary alicyclic amines) is 1. The van der Waals surface area contributed by atoms with Gasteiger partial charge in [-0.2, -0.15) is 11.8 Å². The van der Waals surface area contributed by atoms with Gasteiger partial charge in [0.25, 0.3) is 0 Å². The minimum atomic E-state index is -1.66. The second-order valence-electron chi connectivity index (χ2n) is 24.7. The Labute approximate surface area is 555 Å². The van der Waals surface area contributed by atoms with Crippen molar-refractivity contribution in [3.8, 4) is 0 Å². The molecule has 3 saturated heterocycles. The van der Waals surface area contributed by atoms with Crippen molar-refractivity contribution in [2.45, 2.75) is 228 Å². The Hall–Kier alpha value is -8.57. The van der Waals surface area contributed by atoms with Gasteiger partial charge in [-0.05, 0) is 115 Å². The third-order valence-corrected chi connectivity index (χ3v) is 17.3. The fraction of sp³-hybridized carbons (Fsp3) is 0.729. The van der Waals surface area contributed by atoms with Crippen molar-refractivity contribution in [1.82, 2.24) is 63.4 Å². The number of unbranched alkanes of at least 4 members (excludes halogenated alkanes) is 2. The molecule has 36 heteroatoms. The number of primary amides is 1. The maximum Gasteiger partial charge on any atom is 0.315 e. The second kappa shape index (κ2) is 41.3. The largest absolute Gasteiger partial charge is 0.481 e. The summed E-state index contributed by atoms with van der Waals surface area (Å²) >= 11 is 1.74. The molecule has 0 aromatic carbocycles. The van der Waals surface area contributed by atoms with Crippen molar-refractivity contribution >= 4 is 107 Å². The van der Waals surface area contributed by atoms with Crippen LogP contribution in [-0.2, 0) is 67.1 Å². The van der Waals surface area contributed by atoms with Crippen LogP contribution in [-0.4, -0.2) is 219 Å². The van der Waals surface area contributed by atoms with Gasteiger partial charge < -0.3 is 102 Å². The molecule has 0 spiro atoms. The summed E-state index contributed by atoms with van der Waals surface area (Å²) in [6.45, 7) is 7.92. The van der Waals surface area contributed by atoms with E-state index in [4.69, 9.17) is 28.0 Å². The Balaban J connectivity index is 1.69. The predicted octanol–water partition coefficient (Wildman–Crippen LogP) is -3.93. The highest BCUT2D eigenvalue weighted by Gasteiger charge is 2.43. The first kappa shape index (κ1) is 80.7. The Morgan fingerprint density at radius 1 is 0.568 bits per heavy atom. The number of carbonyl (C=O) groups excluding carboxylic acids is 12. The maximum absolute atomic E-state index is 14.1. The summed E-state index contributed by atoms with van der Waals surface area (Å²) in [6, 6.07) is -12.5. The van der Waals surface area contributed by atoms with Crippen LogP contribution >= 0.6 is 11.8 Å². The van der Waals surface area contributed by atoms with Crippen molar-refractivity contribution in [3.63, 3.8) is 0 Å². The van der Waals surface area contributed by atoms with Crippen LogP contribution in [0.4, 0.5) is 4.79 Å². The summed E-state index contributed by atoms with van der Waals surface area (Å²) in [7, 11) is 0. The first-order chi connectivity index (χ1) is 44.8. The number of nitrogens with one attached hydrogen (secondary N) is 11. The fourth-order valence-electron chi connectivity index (χ4n) is 10.9. The van der Waals surface area contributed by atoms with E-state index in [1.54, 1.807) is 39.5 Å². The van der Waals surface area contributed by atoms with E-state index in [1.807, 2.05) is 0 Å². The topological polar surface area (TPSA) is 569 Å². The Morgan fingerprint density at radius 2 is 1.08 bits per heavy atom. The summed E-state index contributed by atoms with van der Waals surface area (Å²) in [5.74, 6) is -13.1. The van der Waals surface area contributed by atoms with Gasteiger partial charge in [0.05, 0.1) is 18.6 Å². The number of rotatable bonds is 45. The number of hydrogen-bond donors (Lipinski definition) is 18. The molecule has 0 saturated carbocycles. The number of nitrogens with zero attached hydrogens (tertiary/aromatic N) is 2. The first-order valence-electron chi connectivity index (χ1n) is 32.2. The Morgan fingerprint density at radius 3 is 1.65 bits per heavy atom. The van der Waals surface area contributed by atoms with Gasteiger partial charge in [-0.25, -0.2) is 4.79 Å². The zero-order valence-electron chi connectivity index (χ0n) is 54.6. The van der Waals surface area contributed by atoms with Gasteiger partial charge in [0, 0.05) is 49.8 Å². The van der Waals surface area contributed by atoms with Crippen molar-refractivity contribution in [2.24, 2.45) is 39.8 Å². The molecular weight excluding hydrogens is 1270 g/mol. The molecule has 3 aliphatic rings. The summed E-state index contributed by atoms with van der Waals surface area (Å²) < 4.78 is 0. The molecule has 0 aromatic heterocycles. The zero-order valence-corrected chi connectivity index (χ0v) is 55.4. The molecule has 12 atom stereocenters. The van der Waals surface area contributed by atoms with Gasteiger partial charge in [0.2, 0.25) is 65.0 Å². The average Bonchev–Trinajstić information content (AvgIpc) is 1.81. The SMILES string of the molecule is CC(C)C[C@H](NC(=O)CNC(=O)[C@H](CC(C)C)NC(=O)[C@H]1CCCN1C(=O)[C@H](CCC(=O)O)NC(=O)CCCCC1SCC2NC(=O)NC21)C(=O)N[C@H](CCCCN)C(=O)N[C@@H](C)C(=O)N[C@H](CCC(=O)O)C(=O)N[C@@H](CCCN=C(N)N)C(=O)N[C@H](CCC(=O)O)C(N)=O. The molecule has 3 rings (SSSR count). The van der Waals surface area contributed by atoms with Gasteiger partial charge in [0.1, 0.15) is 54.4 Å². The monoisotopic (exact) mass is 1370 g/mol. The standard InChI is InChI=1S/C59H99N17O18S/c1-30(2)26-38(73-56(92)41-14-11-25-76(41)57(93)37(19-22-47(83)84)67-43(77)16-7-6-15-42-48-40(29-95-42)74-59(94)75-48)51(87)65-28-44(78)68-39(27-31(3)4)55(91)72-34(12-8-9-23-60)52(88)66-32(5)50(86)70-36(18-21-46(81)82)54(90)71-35(13-10-24-64-58(62)63)53(89)69-33(49(61)85)17-20-45(79)80/h30-42,48H,6-29,60H2,1-5H3,(H2,61,85)(H,65,87)(H,66,88)(H,67,77)(H,68,78)(H,69,89)(H,70,86)(H,71,90)(H,72,91)(H,73,92)(H,79,80)(H,81,82)(H,83,84)(H4,62,63,64)(H2,74,75,94)/t32-,33+,34+,35-,36+,37-,38-,39-,40?,41+,42?,48?/m0/s1. The lowest BCUT2D eigenvalue weighted by Crippen LogP contribution is -2.59. The number of carboxylic acid groups (broad SMARTS) is 3. The lowest BCUT2D eigenvalue weighted by Gasteiger charge is -2.30. The minimum Gasteiger partial charge on any atom is -0.481 e. The highest BCUT2D eigenvalue weighted by molar-refractivity contribution is 8.00. The highest BCUT2D eigenvalue weighted by Crippen LogP contribution is 2.33. The van der Waals surface area contributed by atoms with Crippen molar-refractivity contribution in [3.05, 3.63) is 0 Å². The number of guanidine groups is 1. The maximum atomic E-state index is 14.1. The first-order valence-corrected chi connectivity index (χ1v) is 33.2. The average molecular weight is 1370 g/mol. The third kappa shape index (κ3) is 29.7. The zero-order chi connectivity index (χ0) is 71.1. The Bertz CT molecular complexity index is 2740. The van der Waals surface area contributed by atoms with Crippen molar-refractivity contribution < 1.29 is 87.2 Å². The second-order valence-corrected chi connectivity index (χ2v) is 26.0. The molecule has 3 heterocycles. The molecule has 0 aromatic rings. The van der Waals surface area contributed by atoms with E-state index in [2.05, 4.69) is 63.5 Å². The Kier molecular flexibility index (Phi) is 35.1. The molecular formula is C59H99N17O18S. The van der Waals surface area contributed by atoms with E-state index >= 15 is 0 Å². The smallest absolute Gasteiger partial charge is 0.315 e. The highest BCUT2D eigenvalue weighted by atomic mass is 32.2. The van der Waals surface area contributed by atoms with Crippen LogP contribution in [0, 0.1) is 11.8 Å². The summed E-state index contributed by atoms with van der Waals surface area (Å²) in [5, 5.41) is 56.8. The van der Waals surface area contributed by atoms with Gasteiger partial charge in [0.15, 0.2) is 5.96 Å². The summed E-state index contributed by atoms with van der Waals surface area (Å²) in [4.78, 5) is 202. The summed E-state index contributed by atoms with van der Waals surface area (Å²) in [5.41, 5.74) is 21.9. The van der Waals surface area contributed by atoms with E-state index in [-0.39, 0.29) is 112 Å². The number of carbonyl (C=O) groups is 15. The molecule has 13 amide bonds. The van der Waals surface area contributed by atoms with Crippen LogP contribution in [0.2, 0.25) is 0 Å². The number of thioether (sulfide) groups is 1. The van der Waals surface area contributed by atoms with E-state index < -0.39 is 176 Å². The van der Waals surface area contributed by atoms with Crippen LogP contribution in [0.3, 0.4) is 0 Å². The lowest BCUT2D eigenvalue weighted by atomic mass is 10.0. The molecule has 0 bridgehead atoms. The number of carboxylic acids is 3. The molecule has 3 unspecified atom stereocenters. The number of nitrogens with two attached hydrogens (primary N) is 4. The lowest BCUT2D eigenvalue weighted by molar-refractivity contribution is -0.143. The van der Waals surface area contributed by atoms with Crippen molar-refractivity contribution in [2.75, 3.05) is 31.9 Å². The van der Waals surface area contributed by atoms with Crippen molar-refractivity contribution in [1.29, 1.82) is 0 Å². The number of hydrogen-bond acceptors (Lipinski definition) is 18. The quantitative estimate of drug-likeness (QED) is 0.0120. The van der Waals surface area contributed by atoms with E-state index in [0.29, 0.717) is 32.1 Å². The van der Waals surface area contributed by atoms with Gasteiger partial charge in [-0.3, -0.25) is 72.1 Å². The van der Waals surface area contributed by atoms with E-state index in [0.717, 1.165) is 12.2 Å². The van der Waals surface area contributed by atoms with Crippen LogP contribution in [0.25, 0.3) is 0 Å². The number of amides is 13. The fourth-order valence-corrected chi connectivity index (χ4v) is 12.4. The summed E-state index contributed by atoms with van der Waals surface area (Å²) in [6.07, 6.45) is 0.299. The van der Waals surface area contributed by atoms with Crippen LogP contribution < -0.4 is 81.4 Å². The molecule has 0 aliphatic carbocycles. The van der Waals surface area contributed by atoms with E-state index in [9.17, 15) is 82.1 Å². The van der Waals surface area contributed by atoms with Gasteiger partial charge in [-0.1, -0.05) is 34.1 Å². The normalized spacial score (nSPS) is 18.9. The number of fused-ring (bicyclic) bond motifs is 1. The van der Waals surface area contributed by atoms with Crippen LogP contribution in [0.1, 0.15) is 157 Å². The molecule has 3 fully saturated rings. The van der Waals surface area contributed by atoms with E-state index in [1.165, 1.54) is 11.8 Å². The minimum absolute atomic E-state index is 0.00138. The van der Waals surface area contributed by atoms with Crippen LogP contribution in [0.5, 0.6) is 0 Å². The predicted molar refractivity (Wildman–Crippen MR) is 344 cm³/mol. The van der Waals surface area contributed by atoms with Gasteiger partial charge >= 0.3 is 23.9 Å². The molecule has 95 heavy (non-hydrogen) atoms. The van der Waals surface area contributed by atoms with Crippen LogP contribution in [0.15, 0.2) is 4.99 Å². The molecule has 3 aliphatic heterocycles. The number of aliphatic carboxylic acids is 3. The number of urea groups is 1. The molecule has 534 valence electrons. The molecule has 35 nitrogen and oxygen atoms in total.